The number of aromatic amines is 1. The molecular weight excluding hydrogens is 574 g/mol. The first-order valence-electron chi connectivity index (χ1n) is 16.5. The van der Waals surface area contributed by atoms with Gasteiger partial charge >= 0.3 is 5.95 Å². The number of aromatic nitrogens is 5. The van der Waals surface area contributed by atoms with E-state index in [0.717, 1.165) is 51.3 Å². The van der Waals surface area contributed by atoms with Gasteiger partial charge in [-0.05, 0) is 62.0 Å². The van der Waals surface area contributed by atoms with E-state index in [0.29, 0.717) is 37.1 Å². The summed E-state index contributed by atoms with van der Waals surface area (Å²) in [5, 5.41) is 21.3. The predicted octanol–water partition coefficient (Wildman–Crippen LogP) is 5.41. The van der Waals surface area contributed by atoms with Gasteiger partial charge in [0.15, 0.2) is 0 Å². The van der Waals surface area contributed by atoms with Crippen molar-refractivity contribution in [1.82, 2.24) is 29.9 Å². The Balaban J connectivity index is 1.18. The van der Waals surface area contributed by atoms with Gasteiger partial charge in [-0.3, -0.25) is 15.1 Å². The van der Waals surface area contributed by atoms with Gasteiger partial charge in [0.2, 0.25) is 11.6 Å². The number of benzene rings is 2. The topological polar surface area (TPSA) is 106 Å². The van der Waals surface area contributed by atoms with Crippen molar-refractivity contribution in [2.45, 2.75) is 70.1 Å². The molecule has 1 amide bonds. The van der Waals surface area contributed by atoms with Gasteiger partial charge in [0.25, 0.3) is 0 Å². The summed E-state index contributed by atoms with van der Waals surface area (Å²) in [5.41, 5.74) is 6.16. The summed E-state index contributed by atoms with van der Waals surface area (Å²) in [6.07, 6.45) is 12.1. The monoisotopic (exact) mass is 618 g/mol. The normalized spacial score (nSPS) is 19.7. The number of carbonyl (C=O) groups is 1. The minimum absolute atomic E-state index is 0.141. The second kappa shape index (κ2) is 12.7. The van der Waals surface area contributed by atoms with Crippen LogP contribution in [0.4, 0.5) is 11.6 Å². The van der Waals surface area contributed by atoms with E-state index in [1.807, 2.05) is 66.2 Å². The van der Waals surface area contributed by atoms with Crippen LogP contribution in [0, 0.1) is 0 Å². The van der Waals surface area contributed by atoms with Crippen molar-refractivity contribution in [2.75, 3.05) is 31.3 Å². The summed E-state index contributed by atoms with van der Waals surface area (Å²) in [7, 11) is 3.95. The number of pyridine rings is 1. The number of anilines is 2. The molecule has 0 spiro atoms. The molecule has 7 rings (SSSR count). The van der Waals surface area contributed by atoms with Crippen LogP contribution in [0.3, 0.4) is 0 Å². The molecule has 5 aromatic rings. The molecule has 2 aliphatic rings. The second-order valence-electron chi connectivity index (χ2n) is 13.3. The molecule has 10 nitrogen and oxygen atoms in total. The van der Waals surface area contributed by atoms with Crippen LogP contribution in [0.5, 0.6) is 0 Å². The highest BCUT2D eigenvalue weighted by Crippen LogP contribution is 2.34. The lowest BCUT2D eigenvalue weighted by molar-refractivity contribution is -0.761. The van der Waals surface area contributed by atoms with Gasteiger partial charge < -0.3 is 15.5 Å². The number of nitrogens with one attached hydrogen (secondary N) is 4. The third kappa shape index (κ3) is 5.90. The smallest absolute Gasteiger partial charge is 0.323 e. The van der Waals surface area contributed by atoms with E-state index in [1.165, 1.54) is 24.8 Å². The summed E-state index contributed by atoms with van der Waals surface area (Å²) in [5.74, 6) is 1.20. The third-order valence-corrected chi connectivity index (χ3v) is 9.40. The van der Waals surface area contributed by atoms with E-state index in [4.69, 9.17) is 10.1 Å². The largest absolute Gasteiger partial charge is 0.401 e. The Morgan fingerprint density at radius 3 is 2.87 bits per heavy atom. The highest BCUT2D eigenvalue weighted by Gasteiger charge is 2.42. The lowest BCUT2D eigenvalue weighted by Crippen LogP contribution is -2.49. The summed E-state index contributed by atoms with van der Waals surface area (Å²) in [4.78, 5) is 19.3. The van der Waals surface area contributed by atoms with Crippen LogP contribution in [0.25, 0.3) is 27.7 Å². The number of carbonyl (C=O) groups excluding carboxylic acids is 1. The SMILES string of the molecule is CC(C)c1cnn2c(NCc3ccccc3-c3nccc4cc(NC(=O)/C=C/CN(C)C)ccc34)[n+](C3CC4CCCC3N4)[nH]c12. The third-order valence-electron chi connectivity index (χ3n) is 9.40. The maximum atomic E-state index is 12.5. The van der Waals surface area contributed by atoms with Crippen molar-refractivity contribution in [2.24, 2.45) is 0 Å². The van der Waals surface area contributed by atoms with Crippen LogP contribution in [-0.2, 0) is 11.3 Å². The van der Waals surface area contributed by atoms with Crippen LogP contribution < -0.4 is 20.6 Å². The van der Waals surface area contributed by atoms with E-state index < -0.39 is 0 Å². The van der Waals surface area contributed by atoms with Gasteiger partial charge in [-0.25, -0.2) is 5.10 Å². The number of hydrogen-bond donors (Lipinski definition) is 4. The van der Waals surface area contributed by atoms with Crippen molar-refractivity contribution in [3.8, 4) is 11.3 Å². The van der Waals surface area contributed by atoms with Gasteiger partial charge in [-0.15, -0.1) is 5.10 Å². The van der Waals surface area contributed by atoms with E-state index in [1.54, 1.807) is 6.08 Å². The Morgan fingerprint density at radius 2 is 2.04 bits per heavy atom. The molecule has 4 N–H and O–H groups in total. The maximum Gasteiger partial charge on any atom is 0.401 e. The molecule has 3 atom stereocenters. The molecule has 3 aromatic heterocycles. The van der Waals surface area contributed by atoms with Crippen LogP contribution >= 0.6 is 0 Å². The number of fused-ring (bicyclic) bond motifs is 4. The highest BCUT2D eigenvalue weighted by atomic mass is 16.1. The number of nitrogens with zero attached hydrogens (tertiary/aromatic N) is 5. The summed E-state index contributed by atoms with van der Waals surface area (Å²) in [6, 6.07) is 17.8. The first-order valence-corrected chi connectivity index (χ1v) is 16.5. The van der Waals surface area contributed by atoms with Crippen molar-refractivity contribution in [3.63, 3.8) is 0 Å². The molecule has 2 fully saturated rings. The zero-order chi connectivity index (χ0) is 31.8. The van der Waals surface area contributed by atoms with E-state index >= 15 is 0 Å². The molecule has 0 saturated carbocycles. The number of rotatable bonds is 10. The fraction of sp³-hybridized carbons (Fsp3) is 0.389. The van der Waals surface area contributed by atoms with Crippen LogP contribution in [0.2, 0.25) is 0 Å². The molecular formula is C36H44N9O+. The summed E-state index contributed by atoms with van der Waals surface area (Å²) >= 11 is 0. The van der Waals surface area contributed by atoms with Crippen molar-refractivity contribution in [1.29, 1.82) is 0 Å². The molecule has 10 heteroatoms. The van der Waals surface area contributed by atoms with Crippen LogP contribution in [0.15, 0.2) is 73.1 Å². The number of piperidine rings is 1. The van der Waals surface area contributed by atoms with Crippen molar-refractivity contribution >= 4 is 34.0 Å². The van der Waals surface area contributed by atoms with Crippen LogP contribution in [0.1, 0.15) is 62.6 Å². The van der Waals surface area contributed by atoms with Crippen LogP contribution in [-0.4, -0.2) is 63.2 Å². The van der Waals surface area contributed by atoms with Gasteiger partial charge in [-0.1, -0.05) is 61.2 Å². The average Bonchev–Trinajstić information content (AvgIpc) is 3.70. The number of H-pyrrole nitrogens is 1. The van der Waals surface area contributed by atoms with Gasteiger partial charge in [0, 0.05) is 59.5 Å². The molecule has 46 heavy (non-hydrogen) atoms. The summed E-state index contributed by atoms with van der Waals surface area (Å²) < 4.78 is 4.38. The average molecular weight is 619 g/mol. The van der Waals surface area contributed by atoms with Gasteiger partial charge in [0.05, 0.1) is 18.4 Å². The molecule has 5 heterocycles. The number of amides is 1. The Morgan fingerprint density at radius 1 is 1.17 bits per heavy atom. The minimum Gasteiger partial charge on any atom is -0.323 e. The lowest BCUT2D eigenvalue weighted by atomic mass is 9.99. The quantitative estimate of drug-likeness (QED) is 0.123. The molecule has 0 aliphatic carbocycles. The fourth-order valence-corrected chi connectivity index (χ4v) is 7.11. The second-order valence-corrected chi connectivity index (χ2v) is 13.3. The minimum atomic E-state index is -0.141. The zero-order valence-electron chi connectivity index (χ0n) is 27.1. The first kappa shape index (κ1) is 30.1. The molecule has 0 radical (unpaired) electrons. The lowest BCUT2D eigenvalue weighted by Gasteiger charge is -2.21. The molecule has 2 aliphatic heterocycles. The fourth-order valence-electron chi connectivity index (χ4n) is 7.11. The zero-order valence-corrected chi connectivity index (χ0v) is 27.1. The molecule has 2 saturated heterocycles. The molecule has 3 unspecified atom stereocenters. The van der Waals surface area contributed by atoms with E-state index in [2.05, 4.69) is 63.8 Å². The summed E-state index contributed by atoms with van der Waals surface area (Å²) in [6.45, 7) is 5.75. The Hall–Kier alpha value is -4.54. The van der Waals surface area contributed by atoms with E-state index in [9.17, 15) is 4.79 Å². The predicted molar refractivity (Wildman–Crippen MR) is 183 cm³/mol. The Labute approximate surface area is 269 Å². The van der Waals surface area contributed by atoms with Crippen molar-refractivity contribution < 1.29 is 9.48 Å². The Kier molecular flexibility index (Phi) is 8.31. The van der Waals surface area contributed by atoms with Crippen molar-refractivity contribution in [3.05, 3.63) is 84.2 Å². The first-order chi connectivity index (χ1) is 22.4. The highest BCUT2D eigenvalue weighted by molar-refractivity contribution is 6.02. The molecule has 2 aromatic carbocycles. The Bertz CT molecular complexity index is 1900. The standard InChI is InChI=1S/C36H43N9O/c1-23(2)30-22-39-45-35(30)42-44(32-20-26-10-7-12-31(32)40-26)36(45)38-21-25-9-5-6-11-28(25)34-29-15-14-27(19-24(29)16-17-37-34)41-33(46)13-8-18-43(3)4/h5-6,8-9,11,13-17,19,22-23,26,31-32,40H,7,10,12,18,20-21H2,1-4H3,(H2,37,39,41,42,46)/p+1/b13-8+. The molecule has 238 valence electrons. The molecule has 2 bridgehead atoms. The van der Waals surface area contributed by atoms with Gasteiger partial charge in [0.1, 0.15) is 6.04 Å². The number of hydrogen-bond acceptors (Lipinski definition) is 6. The number of likely N-dealkylation sites (N-methyl/N-ethyl adjacent to an activating group) is 1. The van der Waals surface area contributed by atoms with E-state index in [-0.39, 0.29) is 5.91 Å². The van der Waals surface area contributed by atoms with Gasteiger partial charge in [-0.2, -0.15) is 4.68 Å². The maximum absolute atomic E-state index is 12.5.